The Morgan fingerprint density at radius 1 is 0.893 bits per heavy atom. The van der Waals surface area contributed by atoms with Gasteiger partial charge in [-0.3, -0.25) is 9.59 Å². The Balaban J connectivity index is 1.76. The maximum Gasteiger partial charge on any atom is 0.241 e. The van der Waals surface area contributed by atoms with Gasteiger partial charge in [0.05, 0.1) is 18.0 Å². The van der Waals surface area contributed by atoms with Gasteiger partial charge in [-0.15, -0.1) is 0 Å². The molecule has 0 fully saturated rings. The summed E-state index contributed by atoms with van der Waals surface area (Å²) in [6.07, 6.45) is 0. The van der Waals surface area contributed by atoms with Crippen molar-refractivity contribution in [2.75, 3.05) is 13.1 Å². The minimum Gasteiger partial charge on any atom is -0.350 e. The molecule has 0 radical (unpaired) electrons. The van der Waals surface area contributed by atoms with Gasteiger partial charge in [-0.1, -0.05) is 29.8 Å². The zero-order valence-electron chi connectivity index (χ0n) is 15.6. The molecule has 2 rings (SSSR count). The highest BCUT2D eigenvalue weighted by molar-refractivity contribution is 7.89. The Morgan fingerprint density at radius 3 is 2.18 bits per heavy atom. The SMILES string of the molecule is Cc1ccc(S(=O)(=O)NCC(=O)NCC(=O)NCc2ccc(Cl)cc2)cc1C. The molecule has 3 N–H and O–H groups in total. The molecule has 0 saturated carbocycles. The highest BCUT2D eigenvalue weighted by Gasteiger charge is 2.16. The van der Waals surface area contributed by atoms with E-state index in [0.717, 1.165) is 16.7 Å². The van der Waals surface area contributed by atoms with Crippen molar-refractivity contribution in [2.24, 2.45) is 0 Å². The Kier molecular flexibility index (Phi) is 7.56. The Hall–Kier alpha value is -2.42. The fourth-order valence-electron chi connectivity index (χ4n) is 2.23. The number of benzene rings is 2. The van der Waals surface area contributed by atoms with Crippen molar-refractivity contribution in [1.29, 1.82) is 0 Å². The first kappa shape index (κ1) is 21.9. The van der Waals surface area contributed by atoms with Crippen LogP contribution in [-0.4, -0.2) is 33.3 Å². The van der Waals surface area contributed by atoms with E-state index in [2.05, 4.69) is 15.4 Å². The van der Waals surface area contributed by atoms with Gasteiger partial charge in [0.1, 0.15) is 0 Å². The normalized spacial score (nSPS) is 11.1. The third-order valence-corrected chi connectivity index (χ3v) is 5.71. The fraction of sp³-hybridized carbons (Fsp3) is 0.263. The third kappa shape index (κ3) is 6.63. The molecule has 2 amide bonds. The van der Waals surface area contributed by atoms with Gasteiger partial charge in [0.2, 0.25) is 21.8 Å². The van der Waals surface area contributed by atoms with Crippen LogP contribution in [0.15, 0.2) is 47.4 Å². The smallest absolute Gasteiger partial charge is 0.241 e. The van der Waals surface area contributed by atoms with Crippen molar-refractivity contribution < 1.29 is 18.0 Å². The largest absolute Gasteiger partial charge is 0.350 e. The summed E-state index contributed by atoms with van der Waals surface area (Å²) < 4.78 is 26.7. The van der Waals surface area contributed by atoms with Crippen LogP contribution < -0.4 is 15.4 Å². The first-order valence-electron chi connectivity index (χ1n) is 8.52. The van der Waals surface area contributed by atoms with E-state index in [4.69, 9.17) is 11.6 Å². The number of rotatable bonds is 8. The lowest BCUT2D eigenvalue weighted by molar-refractivity contribution is -0.125. The third-order valence-electron chi connectivity index (χ3n) is 4.06. The fourth-order valence-corrected chi connectivity index (χ4v) is 3.42. The summed E-state index contributed by atoms with van der Waals surface area (Å²) in [5.41, 5.74) is 2.68. The second-order valence-electron chi connectivity index (χ2n) is 6.25. The average molecular weight is 424 g/mol. The van der Waals surface area contributed by atoms with Gasteiger partial charge in [0.15, 0.2) is 0 Å². The van der Waals surface area contributed by atoms with Crippen molar-refractivity contribution in [3.63, 3.8) is 0 Å². The lowest BCUT2D eigenvalue weighted by Gasteiger charge is -2.10. The Labute approximate surface area is 169 Å². The van der Waals surface area contributed by atoms with Crippen molar-refractivity contribution in [2.45, 2.75) is 25.3 Å². The van der Waals surface area contributed by atoms with E-state index in [-0.39, 0.29) is 17.3 Å². The van der Waals surface area contributed by atoms with Crippen LogP contribution in [-0.2, 0) is 26.2 Å². The van der Waals surface area contributed by atoms with Crippen LogP contribution in [0.2, 0.25) is 5.02 Å². The molecule has 7 nitrogen and oxygen atoms in total. The second-order valence-corrected chi connectivity index (χ2v) is 8.45. The number of halogens is 1. The molecule has 0 saturated heterocycles. The molecule has 0 aliphatic rings. The second kappa shape index (κ2) is 9.68. The standard InChI is InChI=1S/C19H22ClN3O4S/c1-13-3-8-17(9-14(13)2)28(26,27)23-12-19(25)22-11-18(24)21-10-15-4-6-16(20)7-5-15/h3-9,23H,10-12H2,1-2H3,(H,21,24)(H,22,25). The van der Waals surface area contributed by atoms with Crippen molar-refractivity contribution in [3.05, 3.63) is 64.2 Å². The zero-order chi connectivity index (χ0) is 20.7. The number of hydrogen-bond acceptors (Lipinski definition) is 4. The molecule has 0 bridgehead atoms. The topological polar surface area (TPSA) is 104 Å². The first-order valence-corrected chi connectivity index (χ1v) is 10.4. The van der Waals surface area contributed by atoms with E-state index in [1.807, 2.05) is 13.8 Å². The summed E-state index contributed by atoms with van der Waals surface area (Å²) in [7, 11) is -3.81. The first-order chi connectivity index (χ1) is 13.2. The van der Waals surface area contributed by atoms with E-state index in [1.165, 1.54) is 6.07 Å². The number of sulfonamides is 1. The van der Waals surface area contributed by atoms with E-state index in [1.54, 1.807) is 36.4 Å². The van der Waals surface area contributed by atoms with Crippen molar-refractivity contribution in [3.8, 4) is 0 Å². The maximum atomic E-state index is 12.2. The molecular formula is C19H22ClN3O4S. The monoisotopic (exact) mass is 423 g/mol. The number of carbonyl (C=O) groups is 2. The highest BCUT2D eigenvalue weighted by Crippen LogP contribution is 2.14. The minimum absolute atomic E-state index is 0.0871. The summed E-state index contributed by atoms with van der Waals surface area (Å²) in [5.74, 6) is -0.991. The number of amides is 2. The van der Waals surface area contributed by atoms with Crippen LogP contribution in [0.1, 0.15) is 16.7 Å². The molecule has 2 aromatic carbocycles. The highest BCUT2D eigenvalue weighted by atomic mass is 35.5. The van der Waals surface area contributed by atoms with Gasteiger partial charge in [-0.05, 0) is 54.8 Å². The van der Waals surface area contributed by atoms with Crippen LogP contribution in [0, 0.1) is 13.8 Å². The molecule has 0 unspecified atom stereocenters. The molecule has 0 heterocycles. The summed E-state index contributed by atoms with van der Waals surface area (Å²) in [6.45, 7) is 3.27. The number of aryl methyl sites for hydroxylation is 2. The molecule has 0 aliphatic carbocycles. The van der Waals surface area contributed by atoms with Crippen LogP contribution in [0.5, 0.6) is 0 Å². The van der Waals surface area contributed by atoms with E-state index in [9.17, 15) is 18.0 Å². The van der Waals surface area contributed by atoms with Gasteiger partial charge >= 0.3 is 0 Å². The van der Waals surface area contributed by atoms with Crippen LogP contribution in [0.25, 0.3) is 0 Å². The number of hydrogen-bond donors (Lipinski definition) is 3. The van der Waals surface area contributed by atoms with Gasteiger partial charge in [-0.25, -0.2) is 13.1 Å². The van der Waals surface area contributed by atoms with Crippen LogP contribution in [0.3, 0.4) is 0 Å². The lowest BCUT2D eigenvalue weighted by atomic mass is 10.1. The van der Waals surface area contributed by atoms with Gasteiger partial charge in [0.25, 0.3) is 0 Å². The molecule has 0 aromatic heterocycles. The van der Waals surface area contributed by atoms with Crippen molar-refractivity contribution in [1.82, 2.24) is 15.4 Å². The number of nitrogens with one attached hydrogen (secondary N) is 3. The number of carbonyl (C=O) groups excluding carboxylic acids is 2. The van der Waals surface area contributed by atoms with Gasteiger partial charge in [-0.2, -0.15) is 0 Å². The molecule has 2 aromatic rings. The summed E-state index contributed by atoms with van der Waals surface area (Å²) in [4.78, 5) is 23.7. The Morgan fingerprint density at radius 2 is 1.54 bits per heavy atom. The predicted molar refractivity (Wildman–Crippen MR) is 107 cm³/mol. The van der Waals surface area contributed by atoms with E-state index in [0.29, 0.717) is 11.6 Å². The van der Waals surface area contributed by atoms with E-state index < -0.39 is 22.5 Å². The molecule has 150 valence electrons. The molecular weight excluding hydrogens is 402 g/mol. The van der Waals surface area contributed by atoms with Crippen molar-refractivity contribution >= 4 is 33.4 Å². The van der Waals surface area contributed by atoms with E-state index >= 15 is 0 Å². The quantitative estimate of drug-likeness (QED) is 0.600. The van der Waals surface area contributed by atoms with Gasteiger partial charge < -0.3 is 10.6 Å². The van der Waals surface area contributed by atoms with Crippen LogP contribution >= 0.6 is 11.6 Å². The molecule has 0 atom stereocenters. The van der Waals surface area contributed by atoms with Crippen LogP contribution in [0.4, 0.5) is 0 Å². The summed E-state index contributed by atoms with van der Waals surface area (Å²) in [5, 5.41) is 5.62. The summed E-state index contributed by atoms with van der Waals surface area (Å²) >= 11 is 5.79. The molecule has 28 heavy (non-hydrogen) atoms. The molecule has 0 aliphatic heterocycles. The summed E-state index contributed by atoms with van der Waals surface area (Å²) in [6, 6.07) is 11.7. The lowest BCUT2D eigenvalue weighted by Crippen LogP contribution is -2.41. The maximum absolute atomic E-state index is 12.2. The minimum atomic E-state index is -3.81. The molecule has 9 heteroatoms. The average Bonchev–Trinajstić information content (AvgIpc) is 2.66. The zero-order valence-corrected chi connectivity index (χ0v) is 17.2. The van der Waals surface area contributed by atoms with Gasteiger partial charge in [0, 0.05) is 11.6 Å². The predicted octanol–water partition coefficient (Wildman–Crippen LogP) is 1.67. The Bertz CT molecular complexity index is 960. The molecule has 0 spiro atoms.